The first-order valence-corrected chi connectivity index (χ1v) is 20.3. The zero-order valence-electron chi connectivity index (χ0n) is 29.2. The molecule has 11 heteroatoms. The van der Waals surface area contributed by atoms with E-state index < -0.39 is 26.8 Å². The van der Waals surface area contributed by atoms with Crippen LogP contribution in [0.5, 0.6) is 5.75 Å². The smallest absolute Gasteiger partial charge is 0.264 e. The molecule has 1 saturated heterocycles. The molecule has 7 rings (SSSR count). The Morgan fingerprint density at radius 2 is 1.88 bits per heavy atom. The fourth-order valence-corrected chi connectivity index (χ4v) is 10.5. The molecule has 2 bridgehead atoms. The van der Waals surface area contributed by atoms with E-state index in [1.54, 1.807) is 31.2 Å². The summed E-state index contributed by atoms with van der Waals surface area (Å²) in [5.74, 6) is -0.487. The SMILES string of the molecule is C[C@@H]1[C@@H](C)C/C=C/[C@@](O)(CC(=O)N2CCCCC2)[C@@H]2CC[C@H]2CN2C[C@@]3(CCCc4cc(Cl)ccc43)COc3ccc(cc32)C(=O)NS1(=O)=O. The van der Waals surface area contributed by atoms with Crippen LogP contribution in [-0.4, -0.2) is 73.9 Å². The van der Waals surface area contributed by atoms with Gasteiger partial charge in [-0.25, -0.2) is 13.1 Å². The number of ether oxygens (including phenoxy) is 1. The van der Waals surface area contributed by atoms with Crippen molar-refractivity contribution in [1.82, 2.24) is 9.62 Å². The predicted octanol–water partition coefficient (Wildman–Crippen LogP) is 6.02. The third kappa shape index (κ3) is 6.80. The summed E-state index contributed by atoms with van der Waals surface area (Å²) >= 11 is 6.45. The van der Waals surface area contributed by atoms with Crippen molar-refractivity contribution in [3.05, 3.63) is 70.3 Å². The van der Waals surface area contributed by atoms with Crippen LogP contribution in [-0.2, 0) is 26.7 Å². The van der Waals surface area contributed by atoms with E-state index in [1.807, 2.05) is 24.0 Å². The minimum Gasteiger partial charge on any atom is -0.490 e. The topological polar surface area (TPSA) is 116 Å². The van der Waals surface area contributed by atoms with Gasteiger partial charge in [0.1, 0.15) is 5.75 Å². The molecule has 0 radical (unpaired) electrons. The number of carbonyl (C=O) groups excluding carboxylic acids is 2. The molecule has 6 atom stereocenters. The number of hydrogen-bond donors (Lipinski definition) is 2. The van der Waals surface area contributed by atoms with Crippen molar-refractivity contribution < 1.29 is 27.9 Å². The van der Waals surface area contributed by atoms with E-state index in [-0.39, 0.29) is 41.1 Å². The van der Waals surface area contributed by atoms with Crippen molar-refractivity contribution in [2.75, 3.05) is 37.7 Å². The summed E-state index contributed by atoms with van der Waals surface area (Å²) in [6.45, 7) is 6.53. The Balaban J connectivity index is 1.29. The van der Waals surface area contributed by atoms with E-state index in [2.05, 4.69) is 21.8 Å². The number of aliphatic hydroxyl groups is 1. The molecule has 3 heterocycles. The molecule has 1 saturated carbocycles. The Bertz CT molecular complexity index is 1780. The molecule has 2 fully saturated rings. The lowest BCUT2D eigenvalue weighted by molar-refractivity contribution is -0.140. The molecule has 2 N–H and O–H groups in total. The number of carbonyl (C=O) groups is 2. The van der Waals surface area contributed by atoms with Gasteiger partial charge in [0.2, 0.25) is 15.9 Å². The number of sulfonamides is 1. The van der Waals surface area contributed by atoms with Gasteiger partial charge in [0, 0.05) is 42.2 Å². The number of aryl methyl sites for hydroxylation is 1. The largest absolute Gasteiger partial charge is 0.490 e. The Labute approximate surface area is 301 Å². The van der Waals surface area contributed by atoms with Gasteiger partial charge < -0.3 is 19.6 Å². The molecule has 2 aliphatic carbocycles. The van der Waals surface area contributed by atoms with E-state index in [0.717, 1.165) is 57.1 Å². The third-order valence-corrected chi connectivity index (χ3v) is 14.5. The highest BCUT2D eigenvalue weighted by Crippen LogP contribution is 2.49. The van der Waals surface area contributed by atoms with Crippen LogP contribution >= 0.6 is 11.6 Å². The number of rotatable bonds is 2. The second-order valence-corrected chi connectivity index (χ2v) is 18.1. The summed E-state index contributed by atoms with van der Waals surface area (Å²) < 4.78 is 35.9. The quantitative estimate of drug-likeness (QED) is 0.365. The lowest BCUT2D eigenvalue weighted by Gasteiger charge is -2.49. The number of anilines is 1. The van der Waals surface area contributed by atoms with Gasteiger partial charge in [-0.1, -0.05) is 36.7 Å². The first kappa shape index (κ1) is 35.3. The summed E-state index contributed by atoms with van der Waals surface area (Å²) in [7, 11) is -4.02. The molecule has 5 aliphatic rings. The lowest BCUT2D eigenvalue weighted by atomic mass is 9.63. The third-order valence-electron chi connectivity index (χ3n) is 12.4. The minimum atomic E-state index is -4.02. The van der Waals surface area contributed by atoms with E-state index >= 15 is 0 Å². The summed E-state index contributed by atoms with van der Waals surface area (Å²) in [5, 5.41) is 12.4. The molecule has 50 heavy (non-hydrogen) atoms. The highest BCUT2D eigenvalue weighted by molar-refractivity contribution is 7.90. The van der Waals surface area contributed by atoms with E-state index in [1.165, 1.54) is 11.1 Å². The highest BCUT2D eigenvalue weighted by Gasteiger charge is 2.49. The number of nitrogens with zero attached hydrogens (tertiary/aromatic N) is 2. The van der Waals surface area contributed by atoms with Crippen LogP contribution in [0.3, 0.4) is 0 Å². The Morgan fingerprint density at radius 1 is 1.08 bits per heavy atom. The molecule has 270 valence electrons. The highest BCUT2D eigenvalue weighted by atomic mass is 35.5. The van der Waals surface area contributed by atoms with Gasteiger partial charge in [0.15, 0.2) is 0 Å². The summed E-state index contributed by atoms with van der Waals surface area (Å²) in [6.07, 6.45) is 11.6. The first-order chi connectivity index (χ1) is 23.9. The van der Waals surface area contributed by atoms with Crippen LogP contribution in [0.4, 0.5) is 5.69 Å². The fraction of sp³-hybridized carbons (Fsp3) is 0.590. The van der Waals surface area contributed by atoms with Crippen molar-refractivity contribution >= 4 is 39.1 Å². The number of benzene rings is 2. The number of hydrogen-bond acceptors (Lipinski definition) is 7. The summed E-state index contributed by atoms with van der Waals surface area (Å²) in [5.41, 5.74) is 1.71. The average molecular weight is 724 g/mol. The number of allylic oxidation sites excluding steroid dienone is 1. The van der Waals surface area contributed by atoms with Crippen molar-refractivity contribution in [2.45, 2.75) is 94.3 Å². The molecule has 1 spiro atoms. The number of nitrogens with one attached hydrogen (secondary N) is 1. The van der Waals surface area contributed by atoms with Gasteiger partial charge in [-0.3, -0.25) is 9.59 Å². The standard InChI is InChI=1S/C39H50ClN3O6S/c1-26-8-6-17-39(46,22-36(44)42-18-4-3-5-19-42)33-13-10-30(33)23-43-24-38(16-7-9-28-20-31(40)12-14-32(28)38)25-49-35-15-11-29(21-34(35)43)37(45)41-50(47,48)27(26)2/h6,11-12,14-15,17,20-21,26-27,30,33,46H,3-5,7-10,13,16,18-19,22-25H2,1-2H3,(H,41,45)/b17-6+/t26-,27+,30-,33+,38-,39+/m0/s1. The molecular formula is C39H50ClN3O6S. The molecule has 0 unspecified atom stereocenters. The number of likely N-dealkylation sites (tertiary alicyclic amines) is 1. The molecule has 2 aromatic carbocycles. The molecular weight excluding hydrogens is 674 g/mol. The first-order valence-electron chi connectivity index (χ1n) is 18.4. The van der Waals surface area contributed by atoms with Gasteiger partial charge in [0.05, 0.1) is 29.6 Å². The molecule has 3 aliphatic heterocycles. The lowest BCUT2D eigenvalue weighted by Crippen LogP contribution is -2.54. The second-order valence-electron chi connectivity index (χ2n) is 15.6. The Hall–Kier alpha value is -3.08. The molecule has 2 aromatic rings. The summed E-state index contributed by atoms with van der Waals surface area (Å²) in [6, 6.07) is 11.3. The van der Waals surface area contributed by atoms with Gasteiger partial charge >= 0.3 is 0 Å². The second kappa shape index (κ2) is 13.8. The zero-order chi connectivity index (χ0) is 35.3. The van der Waals surface area contributed by atoms with Gasteiger partial charge in [-0.05, 0) is 124 Å². The van der Waals surface area contributed by atoms with Crippen molar-refractivity contribution in [2.24, 2.45) is 17.8 Å². The van der Waals surface area contributed by atoms with E-state index in [0.29, 0.717) is 50.0 Å². The van der Waals surface area contributed by atoms with Crippen LogP contribution in [0, 0.1) is 17.8 Å². The fourth-order valence-electron chi connectivity index (χ4n) is 9.06. The molecule has 2 amide bonds. The normalized spacial score (nSPS) is 33.2. The number of amides is 2. The average Bonchev–Trinajstić information content (AvgIpc) is 3.22. The minimum absolute atomic E-state index is 0.00484. The van der Waals surface area contributed by atoms with Crippen LogP contribution in [0.25, 0.3) is 0 Å². The molecule has 0 aromatic heterocycles. The Morgan fingerprint density at radius 3 is 2.64 bits per heavy atom. The number of halogens is 1. The van der Waals surface area contributed by atoms with Crippen LogP contribution in [0.2, 0.25) is 5.02 Å². The molecule has 9 nitrogen and oxygen atoms in total. The maximum absolute atomic E-state index is 13.7. The van der Waals surface area contributed by atoms with Gasteiger partial charge in [-0.2, -0.15) is 0 Å². The van der Waals surface area contributed by atoms with Crippen molar-refractivity contribution in [1.29, 1.82) is 0 Å². The zero-order valence-corrected chi connectivity index (χ0v) is 30.8. The predicted molar refractivity (Wildman–Crippen MR) is 195 cm³/mol. The van der Waals surface area contributed by atoms with E-state index in [4.69, 9.17) is 16.3 Å². The van der Waals surface area contributed by atoms with E-state index in [9.17, 15) is 23.1 Å². The van der Waals surface area contributed by atoms with Crippen LogP contribution in [0.1, 0.15) is 93.1 Å². The summed E-state index contributed by atoms with van der Waals surface area (Å²) in [4.78, 5) is 31.4. The number of piperidine rings is 1. The van der Waals surface area contributed by atoms with Gasteiger partial charge in [-0.15, -0.1) is 0 Å². The van der Waals surface area contributed by atoms with Gasteiger partial charge in [0.25, 0.3) is 5.91 Å². The maximum atomic E-state index is 13.7. The van der Waals surface area contributed by atoms with Crippen LogP contribution in [0.15, 0.2) is 48.6 Å². The van der Waals surface area contributed by atoms with Crippen molar-refractivity contribution in [3.63, 3.8) is 0 Å². The maximum Gasteiger partial charge on any atom is 0.264 e. The number of fused-ring (bicyclic) bond motifs is 4. The monoisotopic (exact) mass is 723 g/mol. The van der Waals surface area contributed by atoms with Crippen LogP contribution < -0.4 is 14.4 Å². The van der Waals surface area contributed by atoms with Crippen molar-refractivity contribution in [3.8, 4) is 5.75 Å². The Kier molecular flexibility index (Phi) is 9.76.